The van der Waals surface area contributed by atoms with Crippen LogP contribution in [0, 0.1) is 26.2 Å². The van der Waals surface area contributed by atoms with E-state index in [2.05, 4.69) is 41.3 Å². The Morgan fingerprint density at radius 3 is 2.43 bits per heavy atom. The second kappa shape index (κ2) is 12.1. The zero-order chi connectivity index (χ0) is 33.8. The molecule has 1 saturated heterocycles. The normalized spacial score (nSPS) is 20.3. The molecule has 0 radical (unpaired) electrons. The number of carbonyl (C=O) groups is 3. The summed E-state index contributed by atoms with van der Waals surface area (Å²) >= 11 is 3.34. The molecule has 244 valence electrons. The molecule has 47 heavy (non-hydrogen) atoms. The Morgan fingerprint density at radius 2 is 1.79 bits per heavy atom. The smallest absolute Gasteiger partial charge is 0.248 e. The van der Waals surface area contributed by atoms with Gasteiger partial charge in [-0.1, -0.05) is 18.2 Å². The molecule has 0 saturated carbocycles. The first-order valence-corrected chi connectivity index (χ1v) is 17.9. The second-order valence-electron chi connectivity index (χ2n) is 12.5. The van der Waals surface area contributed by atoms with Gasteiger partial charge in [-0.15, -0.1) is 0 Å². The van der Waals surface area contributed by atoms with Crippen molar-refractivity contribution in [1.29, 1.82) is 0 Å². The summed E-state index contributed by atoms with van der Waals surface area (Å²) in [7, 11) is -3.29. The summed E-state index contributed by atoms with van der Waals surface area (Å²) in [5, 5.41) is 8.07. The Bertz CT molecular complexity index is 2090. The molecule has 6 rings (SSSR count). The Balaban J connectivity index is 1.36. The van der Waals surface area contributed by atoms with Crippen molar-refractivity contribution in [2.75, 3.05) is 17.3 Å². The molecule has 1 aliphatic heterocycles. The molecule has 2 aliphatic rings. The van der Waals surface area contributed by atoms with E-state index >= 15 is 0 Å². The van der Waals surface area contributed by atoms with E-state index in [9.17, 15) is 22.8 Å². The van der Waals surface area contributed by atoms with Crippen LogP contribution in [0.1, 0.15) is 47.2 Å². The number of hydrogen-bond donors (Lipinski definition) is 1. The number of pyridine rings is 1. The monoisotopic (exact) mass is 719 g/mol. The summed E-state index contributed by atoms with van der Waals surface area (Å²) in [6.45, 7) is 6.70. The lowest BCUT2D eigenvalue weighted by Gasteiger charge is -2.41. The number of benzene rings is 1. The highest BCUT2D eigenvalue weighted by Gasteiger charge is 2.57. The van der Waals surface area contributed by atoms with Crippen LogP contribution in [0.2, 0.25) is 0 Å². The molecule has 0 unspecified atom stereocenters. The van der Waals surface area contributed by atoms with Crippen molar-refractivity contribution in [3.8, 4) is 11.1 Å². The summed E-state index contributed by atoms with van der Waals surface area (Å²) in [6.07, 6.45) is 8.91. The fourth-order valence-electron chi connectivity index (χ4n) is 6.57. The second-order valence-corrected chi connectivity index (χ2v) is 15.6. The number of nitrogens with one attached hydrogen (secondary N) is 1. The maximum atomic E-state index is 14.3. The van der Waals surface area contributed by atoms with Crippen LogP contribution >= 0.6 is 15.9 Å². The van der Waals surface area contributed by atoms with Crippen molar-refractivity contribution in [2.24, 2.45) is 5.41 Å². The van der Waals surface area contributed by atoms with Crippen molar-refractivity contribution in [3.63, 3.8) is 0 Å². The lowest BCUT2D eigenvalue weighted by atomic mass is 9.69. The van der Waals surface area contributed by atoms with E-state index in [0.29, 0.717) is 27.1 Å². The van der Waals surface area contributed by atoms with E-state index in [4.69, 9.17) is 0 Å². The van der Waals surface area contributed by atoms with Crippen LogP contribution in [0.4, 0.5) is 5.82 Å². The molecule has 3 aromatic heterocycles. The largest absolute Gasteiger partial charge is 0.322 e. The molecule has 4 aromatic rings. The number of aryl methyl sites for hydroxylation is 3. The van der Waals surface area contributed by atoms with Crippen LogP contribution in [-0.2, 0) is 26.0 Å². The van der Waals surface area contributed by atoms with Crippen LogP contribution < -0.4 is 5.32 Å². The Morgan fingerprint density at radius 1 is 1.06 bits per heavy atom. The number of halogens is 1. The number of aromatic nitrogens is 5. The maximum Gasteiger partial charge on any atom is 0.248 e. The molecule has 1 fully saturated rings. The van der Waals surface area contributed by atoms with Gasteiger partial charge in [0.15, 0.2) is 5.78 Å². The Hall–Kier alpha value is -4.30. The standard InChI is InChI=1S/C33H34BrN7O5S/c1-18-6-7-27(34)37-31(18)38-32(44)25-14-33(10-11-47(5,45)46)9-8-26(33)41(25)28(43)17-40-30-19(2)12-22(23-15-35-21(4)36-16-23)13-24(30)29(39-40)20(3)42/h6-9,12-13,15-16,25-26H,10-11,14,17H2,1-5H3,(H,37,38,44)/t25-,26+,33-/m0/s1. The number of ketones is 1. The number of fused-ring (bicyclic) bond motifs is 2. The van der Waals surface area contributed by atoms with Gasteiger partial charge in [0.05, 0.1) is 17.3 Å². The fourth-order valence-corrected chi connectivity index (χ4v) is 7.63. The molecule has 3 atom stereocenters. The fraction of sp³-hybridized carbons (Fsp3) is 0.364. The summed E-state index contributed by atoms with van der Waals surface area (Å²) < 4.78 is 26.4. The van der Waals surface area contributed by atoms with Crippen molar-refractivity contribution < 1.29 is 22.8 Å². The number of likely N-dealkylation sites (tertiary alicyclic amines) is 1. The third-order valence-corrected chi connectivity index (χ3v) is 10.4. The van der Waals surface area contributed by atoms with Gasteiger partial charge in [0.25, 0.3) is 0 Å². The number of sulfone groups is 1. The molecule has 4 heterocycles. The van der Waals surface area contributed by atoms with E-state index in [1.165, 1.54) is 17.9 Å². The minimum absolute atomic E-state index is 0.0736. The minimum Gasteiger partial charge on any atom is -0.322 e. The molecular formula is C33H34BrN7O5S. The van der Waals surface area contributed by atoms with Gasteiger partial charge in [0, 0.05) is 41.9 Å². The number of hydrogen-bond acceptors (Lipinski definition) is 9. The predicted octanol–water partition coefficient (Wildman–Crippen LogP) is 4.38. The summed E-state index contributed by atoms with van der Waals surface area (Å²) in [5.41, 5.74) is 3.32. The highest BCUT2D eigenvalue weighted by Crippen LogP contribution is 2.52. The van der Waals surface area contributed by atoms with Crippen LogP contribution in [0.15, 0.2) is 53.4 Å². The molecule has 0 spiro atoms. The lowest BCUT2D eigenvalue weighted by molar-refractivity contribution is -0.139. The summed E-state index contributed by atoms with van der Waals surface area (Å²) in [6, 6.07) is 6.00. The van der Waals surface area contributed by atoms with Gasteiger partial charge < -0.3 is 10.2 Å². The van der Waals surface area contributed by atoms with E-state index in [1.807, 2.05) is 44.2 Å². The molecule has 2 amide bonds. The van der Waals surface area contributed by atoms with Crippen LogP contribution in [0.5, 0.6) is 0 Å². The SMILES string of the molecule is CC(=O)c1nn(CC(=O)N2[C@H](C(=O)Nc3nc(Br)ccc3C)C[C@@]3(CCS(C)(=O)=O)C=C[C@@H]23)c2c(C)cc(-c3cnc(C)nc3)cc12. The molecular weight excluding hydrogens is 686 g/mol. The predicted molar refractivity (Wildman–Crippen MR) is 180 cm³/mol. The van der Waals surface area contributed by atoms with Gasteiger partial charge in [0.1, 0.15) is 44.4 Å². The zero-order valence-corrected chi connectivity index (χ0v) is 29.0. The number of rotatable bonds is 9. The Labute approximate surface area is 280 Å². The van der Waals surface area contributed by atoms with Crippen molar-refractivity contribution in [1.82, 2.24) is 29.6 Å². The van der Waals surface area contributed by atoms with E-state index < -0.39 is 33.2 Å². The average Bonchev–Trinajstić information content (AvgIpc) is 3.46. The quantitative estimate of drug-likeness (QED) is 0.151. The van der Waals surface area contributed by atoms with E-state index in [0.717, 1.165) is 22.3 Å². The van der Waals surface area contributed by atoms with Crippen molar-refractivity contribution in [2.45, 2.75) is 59.2 Å². The van der Waals surface area contributed by atoms with Gasteiger partial charge in [-0.05, 0) is 84.4 Å². The zero-order valence-electron chi connectivity index (χ0n) is 26.6. The molecule has 1 N–H and O–H groups in total. The van der Waals surface area contributed by atoms with Gasteiger partial charge in [-0.2, -0.15) is 5.10 Å². The first kappa shape index (κ1) is 32.6. The number of amides is 2. The van der Waals surface area contributed by atoms with Gasteiger partial charge in [0.2, 0.25) is 11.8 Å². The van der Waals surface area contributed by atoms with E-state index in [1.54, 1.807) is 30.3 Å². The first-order chi connectivity index (χ1) is 22.2. The highest BCUT2D eigenvalue weighted by atomic mass is 79.9. The van der Waals surface area contributed by atoms with Gasteiger partial charge in [-0.3, -0.25) is 19.1 Å². The van der Waals surface area contributed by atoms with E-state index in [-0.39, 0.29) is 42.5 Å². The Kier molecular flexibility index (Phi) is 8.37. The van der Waals surface area contributed by atoms with Crippen LogP contribution in [0.25, 0.3) is 22.0 Å². The number of Topliss-reactive ketones (excluding diaryl/α,β-unsaturated/α-hetero) is 1. The molecule has 14 heteroatoms. The van der Waals surface area contributed by atoms with Gasteiger partial charge in [-0.25, -0.2) is 23.4 Å². The van der Waals surface area contributed by atoms with Crippen LogP contribution in [-0.4, -0.2) is 79.7 Å². The van der Waals surface area contributed by atoms with Crippen molar-refractivity contribution in [3.05, 3.63) is 76.1 Å². The lowest BCUT2D eigenvalue weighted by Crippen LogP contribution is -2.51. The molecule has 1 aliphatic carbocycles. The van der Waals surface area contributed by atoms with Crippen molar-refractivity contribution >= 4 is 60.1 Å². The third kappa shape index (κ3) is 6.23. The minimum atomic E-state index is -3.29. The molecule has 1 aromatic carbocycles. The summed E-state index contributed by atoms with van der Waals surface area (Å²) in [4.78, 5) is 55.5. The third-order valence-electron chi connectivity index (χ3n) is 9.01. The van der Waals surface area contributed by atoms with Gasteiger partial charge >= 0.3 is 0 Å². The molecule has 12 nitrogen and oxygen atoms in total. The first-order valence-electron chi connectivity index (χ1n) is 15.1. The summed E-state index contributed by atoms with van der Waals surface area (Å²) in [5.74, 6) is -0.123. The highest BCUT2D eigenvalue weighted by molar-refractivity contribution is 9.10. The number of carbonyl (C=O) groups excluding carboxylic acids is 3. The molecule has 0 bridgehead atoms. The van der Waals surface area contributed by atoms with Crippen LogP contribution in [0.3, 0.4) is 0 Å². The number of nitrogens with zero attached hydrogens (tertiary/aromatic N) is 6. The maximum absolute atomic E-state index is 14.3. The number of anilines is 1. The topological polar surface area (TPSA) is 157 Å². The average molecular weight is 721 g/mol.